The molecule has 0 heterocycles. The van der Waals surface area contributed by atoms with Crippen LogP contribution in [0.3, 0.4) is 0 Å². The number of benzene rings is 1. The number of anilines is 1. The molecule has 90 valence electrons. The van der Waals surface area contributed by atoms with Gasteiger partial charge >= 0.3 is 0 Å². The Balaban J connectivity index is 2.59. The van der Waals surface area contributed by atoms with E-state index < -0.39 is 0 Å². The molecule has 0 atom stereocenters. The van der Waals surface area contributed by atoms with Crippen molar-refractivity contribution in [3.63, 3.8) is 0 Å². The molecule has 1 aliphatic rings. The molecule has 2 rings (SSSR count). The number of nitro benzene ring substituents is 1. The van der Waals surface area contributed by atoms with Crippen molar-refractivity contribution in [2.75, 3.05) is 19.0 Å². The maximum Gasteiger partial charge on any atom is 0.271 e. The lowest BCUT2D eigenvalue weighted by Crippen LogP contribution is -2.19. The van der Waals surface area contributed by atoms with Crippen LogP contribution in [0.1, 0.15) is 17.5 Å². The molecule has 0 unspecified atom stereocenters. The van der Waals surface area contributed by atoms with E-state index in [-0.39, 0.29) is 16.4 Å². The Morgan fingerprint density at radius 2 is 2.00 bits per heavy atom. The summed E-state index contributed by atoms with van der Waals surface area (Å²) in [4.78, 5) is 23.8. The summed E-state index contributed by atoms with van der Waals surface area (Å²) in [6.45, 7) is 0. The lowest BCUT2D eigenvalue weighted by molar-refractivity contribution is -0.384. The number of carbonyl (C=O) groups excluding carboxylic acids is 1. The molecule has 1 aliphatic carbocycles. The molecule has 0 aromatic heterocycles. The molecule has 0 spiro atoms. The average Bonchev–Trinajstić information content (AvgIpc) is 2.27. The van der Waals surface area contributed by atoms with Gasteiger partial charge in [0.05, 0.1) is 4.92 Å². The van der Waals surface area contributed by atoms with E-state index in [1.165, 1.54) is 6.07 Å². The monoisotopic (exact) mass is 234 g/mol. The van der Waals surface area contributed by atoms with E-state index in [1.807, 2.05) is 19.0 Å². The first-order valence-corrected chi connectivity index (χ1v) is 5.48. The number of hydrogen-bond donors (Lipinski definition) is 0. The lowest BCUT2D eigenvalue weighted by Gasteiger charge is -2.22. The second-order valence-electron chi connectivity index (χ2n) is 4.47. The van der Waals surface area contributed by atoms with Crippen LogP contribution in [0.25, 0.3) is 0 Å². The van der Waals surface area contributed by atoms with Crippen molar-refractivity contribution in [3.05, 3.63) is 33.4 Å². The minimum absolute atomic E-state index is 0.0989. The van der Waals surface area contributed by atoms with Gasteiger partial charge in [-0.1, -0.05) is 0 Å². The van der Waals surface area contributed by atoms with Crippen LogP contribution in [0.2, 0.25) is 0 Å². The van der Waals surface area contributed by atoms with Crippen molar-refractivity contribution in [2.24, 2.45) is 0 Å². The molecule has 1 aromatic carbocycles. The van der Waals surface area contributed by atoms with Gasteiger partial charge in [-0.25, -0.2) is 0 Å². The Bertz CT molecular complexity index is 495. The third-order valence-corrected chi connectivity index (χ3v) is 3.04. The highest BCUT2D eigenvalue weighted by molar-refractivity contribution is 5.86. The number of Topliss-reactive ketones (excluding diaryl/α,β-unsaturated/α-hetero) is 1. The standard InChI is InChI=1S/C12H14N2O3/c1-13(2)12-6-9(14(16)17)5-8-3-4-10(15)7-11(8)12/h5-6H,3-4,7H2,1-2H3. The van der Waals surface area contributed by atoms with Gasteiger partial charge in [0.25, 0.3) is 5.69 Å². The van der Waals surface area contributed by atoms with Crippen LogP contribution in [0, 0.1) is 10.1 Å². The van der Waals surface area contributed by atoms with E-state index in [1.54, 1.807) is 6.07 Å². The number of carbonyl (C=O) groups is 1. The van der Waals surface area contributed by atoms with Gasteiger partial charge in [0.1, 0.15) is 5.78 Å². The van der Waals surface area contributed by atoms with E-state index in [9.17, 15) is 14.9 Å². The van der Waals surface area contributed by atoms with Gasteiger partial charge in [-0.3, -0.25) is 14.9 Å². The number of rotatable bonds is 2. The Hall–Kier alpha value is -1.91. The summed E-state index contributed by atoms with van der Waals surface area (Å²) >= 11 is 0. The lowest BCUT2D eigenvalue weighted by atomic mass is 9.89. The normalized spacial score (nSPS) is 14.4. The van der Waals surface area contributed by atoms with Crippen molar-refractivity contribution in [3.8, 4) is 0 Å². The summed E-state index contributed by atoms with van der Waals surface area (Å²) in [6, 6.07) is 3.13. The summed E-state index contributed by atoms with van der Waals surface area (Å²) < 4.78 is 0. The molecule has 0 saturated carbocycles. The fourth-order valence-electron chi connectivity index (χ4n) is 2.19. The van der Waals surface area contributed by atoms with Crippen LogP contribution in [0.4, 0.5) is 11.4 Å². The van der Waals surface area contributed by atoms with Gasteiger partial charge in [-0.15, -0.1) is 0 Å². The van der Waals surface area contributed by atoms with E-state index in [0.29, 0.717) is 19.3 Å². The first-order valence-electron chi connectivity index (χ1n) is 5.48. The molecule has 0 radical (unpaired) electrons. The fourth-order valence-corrected chi connectivity index (χ4v) is 2.19. The topological polar surface area (TPSA) is 63.4 Å². The largest absolute Gasteiger partial charge is 0.377 e. The highest BCUT2D eigenvalue weighted by atomic mass is 16.6. The Kier molecular flexibility index (Phi) is 2.83. The Morgan fingerprint density at radius 1 is 1.29 bits per heavy atom. The van der Waals surface area contributed by atoms with Crippen molar-refractivity contribution < 1.29 is 9.72 Å². The third kappa shape index (κ3) is 2.13. The van der Waals surface area contributed by atoms with Crippen molar-refractivity contribution >= 4 is 17.2 Å². The fraction of sp³-hybridized carbons (Fsp3) is 0.417. The molecular formula is C12H14N2O3. The predicted octanol–water partition coefficient (Wildman–Crippen LogP) is 1.72. The van der Waals surface area contributed by atoms with Crippen molar-refractivity contribution in [2.45, 2.75) is 19.3 Å². The number of nitro groups is 1. The first-order chi connectivity index (χ1) is 7.99. The predicted molar refractivity (Wildman–Crippen MR) is 64.5 cm³/mol. The van der Waals surface area contributed by atoms with Gasteiger partial charge < -0.3 is 4.90 Å². The molecule has 0 saturated heterocycles. The zero-order valence-corrected chi connectivity index (χ0v) is 9.90. The Labute approximate surface area is 99.2 Å². The third-order valence-electron chi connectivity index (χ3n) is 3.04. The van der Waals surface area contributed by atoms with Crippen molar-refractivity contribution in [1.29, 1.82) is 0 Å². The van der Waals surface area contributed by atoms with E-state index in [4.69, 9.17) is 0 Å². The summed E-state index contributed by atoms with van der Waals surface area (Å²) in [6.07, 6.45) is 1.48. The molecule has 0 N–H and O–H groups in total. The first kappa shape index (κ1) is 11.6. The van der Waals surface area contributed by atoms with Crippen LogP contribution in [0.15, 0.2) is 12.1 Å². The second kappa shape index (κ2) is 4.16. The van der Waals surface area contributed by atoms with Crippen LogP contribution < -0.4 is 4.90 Å². The summed E-state index contributed by atoms with van der Waals surface area (Å²) in [5.74, 6) is 0.203. The molecule has 17 heavy (non-hydrogen) atoms. The summed E-state index contributed by atoms with van der Waals surface area (Å²) in [5.41, 5.74) is 2.75. The van der Waals surface area contributed by atoms with Gasteiger partial charge in [0.15, 0.2) is 0 Å². The molecule has 0 aliphatic heterocycles. The van der Waals surface area contributed by atoms with Crippen LogP contribution in [-0.4, -0.2) is 24.8 Å². The maximum atomic E-state index is 11.5. The Morgan fingerprint density at radius 3 is 2.59 bits per heavy atom. The highest BCUT2D eigenvalue weighted by Gasteiger charge is 2.23. The van der Waals surface area contributed by atoms with Crippen LogP contribution >= 0.6 is 0 Å². The van der Waals surface area contributed by atoms with Gasteiger partial charge in [0, 0.05) is 44.8 Å². The SMILES string of the molecule is CN(C)c1cc([N+](=O)[O-])cc2c1CC(=O)CC2. The smallest absolute Gasteiger partial charge is 0.271 e. The van der Waals surface area contributed by atoms with Gasteiger partial charge in [0.2, 0.25) is 0 Å². The van der Waals surface area contributed by atoms with Gasteiger partial charge in [-0.05, 0) is 17.5 Å². The molecule has 5 nitrogen and oxygen atoms in total. The zero-order valence-electron chi connectivity index (χ0n) is 9.90. The second-order valence-corrected chi connectivity index (χ2v) is 4.47. The molecular weight excluding hydrogens is 220 g/mol. The zero-order chi connectivity index (χ0) is 12.6. The summed E-state index contributed by atoms with van der Waals surface area (Å²) in [7, 11) is 3.66. The molecule has 0 bridgehead atoms. The minimum Gasteiger partial charge on any atom is -0.377 e. The number of ketones is 1. The van der Waals surface area contributed by atoms with Crippen LogP contribution in [0.5, 0.6) is 0 Å². The minimum atomic E-state index is -0.385. The maximum absolute atomic E-state index is 11.5. The number of hydrogen-bond acceptors (Lipinski definition) is 4. The number of nitrogens with zero attached hydrogens (tertiary/aromatic N) is 2. The van der Waals surface area contributed by atoms with Crippen LogP contribution in [-0.2, 0) is 17.6 Å². The number of fused-ring (bicyclic) bond motifs is 1. The molecule has 1 aromatic rings. The van der Waals surface area contributed by atoms with E-state index in [2.05, 4.69) is 0 Å². The van der Waals surface area contributed by atoms with E-state index in [0.717, 1.165) is 16.8 Å². The quantitative estimate of drug-likeness (QED) is 0.577. The van der Waals surface area contributed by atoms with E-state index >= 15 is 0 Å². The number of non-ortho nitro benzene ring substituents is 1. The molecule has 0 fully saturated rings. The molecule has 0 amide bonds. The summed E-state index contributed by atoms with van der Waals surface area (Å²) in [5, 5.41) is 10.8. The average molecular weight is 234 g/mol. The van der Waals surface area contributed by atoms with Gasteiger partial charge in [-0.2, -0.15) is 0 Å². The highest BCUT2D eigenvalue weighted by Crippen LogP contribution is 2.32. The van der Waals surface area contributed by atoms with Crippen molar-refractivity contribution in [1.82, 2.24) is 0 Å². The molecule has 5 heteroatoms. The number of aryl methyl sites for hydroxylation is 1.